The Morgan fingerprint density at radius 2 is 1.09 bits per heavy atom. The number of carboxylic acid groups (broad SMARTS) is 3. The van der Waals surface area contributed by atoms with Gasteiger partial charge in [-0.2, -0.15) is 39.5 Å². The first-order valence-electron chi connectivity index (χ1n) is 11.8. The highest BCUT2D eigenvalue weighted by Gasteiger charge is 2.42. The number of nitrogens with zero attached hydrogens (tertiary/aromatic N) is 4. The van der Waals surface area contributed by atoms with Crippen molar-refractivity contribution >= 4 is 23.8 Å². The Labute approximate surface area is 241 Å². The van der Waals surface area contributed by atoms with E-state index in [1.807, 2.05) is 23.2 Å². The second-order valence-electron chi connectivity index (χ2n) is 8.89. The van der Waals surface area contributed by atoms with E-state index < -0.39 is 36.4 Å². The Morgan fingerprint density at radius 3 is 1.43 bits per heavy atom. The highest BCUT2D eigenvalue weighted by atomic mass is 19.4. The van der Waals surface area contributed by atoms with Crippen LogP contribution in [0.15, 0.2) is 48.9 Å². The minimum absolute atomic E-state index is 0.137. The number of pyridine rings is 2. The van der Waals surface area contributed by atoms with Crippen LogP contribution in [0.25, 0.3) is 0 Å². The van der Waals surface area contributed by atoms with Crippen molar-refractivity contribution in [2.75, 3.05) is 26.2 Å². The van der Waals surface area contributed by atoms with Gasteiger partial charge in [0, 0.05) is 56.9 Å². The van der Waals surface area contributed by atoms with E-state index in [9.17, 15) is 44.3 Å². The SMILES string of the molecule is O=C(O)C(F)(F)F.O=C(O)C(F)(F)F.O=C(O)C(F)(F)F.O=C(c1ccncc1)N1CC2CN(Cc3ccccn3)CC2C1. The maximum Gasteiger partial charge on any atom is 0.490 e. The van der Waals surface area contributed by atoms with E-state index in [2.05, 4.69) is 20.9 Å². The molecule has 3 N–H and O–H groups in total. The lowest BCUT2D eigenvalue weighted by molar-refractivity contribution is -0.193. The first kappa shape index (κ1) is 37.5. The molecule has 0 bridgehead atoms. The molecule has 0 spiro atoms. The van der Waals surface area contributed by atoms with Crippen molar-refractivity contribution in [1.29, 1.82) is 0 Å². The van der Waals surface area contributed by atoms with Crippen molar-refractivity contribution in [3.8, 4) is 0 Å². The Balaban J connectivity index is 0.000000379. The molecule has 2 saturated heterocycles. The van der Waals surface area contributed by atoms with Crippen LogP contribution in [0.5, 0.6) is 0 Å². The molecule has 20 heteroatoms. The predicted molar refractivity (Wildman–Crippen MR) is 128 cm³/mol. The molecule has 0 radical (unpaired) electrons. The van der Waals surface area contributed by atoms with E-state index in [-0.39, 0.29) is 5.91 Å². The topological polar surface area (TPSA) is 161 Å². The summed E-state index contributed by atoms with van der Waals surface area (Å²) in [5.74, 6) is -6.96. The van der Waals surface area contributed by atoms with Crippen LogP contribution in [0.4, 0.5) is 39.5 Å². The third kappa shape index (κ3) is 13.2. The molecule has 0 aromatic carbocycles. The fourth-order valence-electron chi connectivity index (χ4n) is 3.78. The summed E-state index contributed by atoms with van der Waals surface area (Å²) in [7, 11) is 0. The van der Waals surface area contributed by atoms with Crippen molar-refractivity contribution in [3.63, 3.8) is 0 Å². The number of halogens is 9. The summed E-state index contributed by atoms with van der Waals surface area (Å²) >= 11 is 0. The highest BCUT2D eigenvalue weighted by Crippen LogP contribution is 2.32. The lowest BCUT2D eigenvalue weighted by atomic mass is 10.0. The number of carbonyl (C=O) groups excluding carboxylic acids is 1. The molecule has 244 valence electrons. The summed E-state index contributed by atoms with van der Waals surface area (Å²) in [4.78, 5) is 52.1. The number of rotatable bonds is 3. The monoisotopic (exact) mass is 650 g/mol. The van der Waals surface area contributed by atoms with Crippen LogP contribution in [0.3, 0.4) is 0 Å². The number of aliphatic carboxylic acids is 3. The molecule has 0 saturated carbocycles. The quantitative estimate of drug-likeness (QED) is 0.419. The number of carbonyl (C=O) groups is 4. The van der Waals surface area contributed by atoms with Crippen molar-refractivity contribution in [1.82, 2.24) is 19.8 Å². The molecular weight excluding hydrogens is 627 g/mol. The van der Waals surface area contributed by atoms with Crippen LogP contribution in [-0.4, -0.2) is 104 Å². The Morgan fingerprint density at radius 1 is 0.682 bits per heavy atom. The summed E-state index contributed by atoms with van der Waals surface area (Å²) in [6.45, 7) is 4.75. The summed E-state index contributed by atoms with van der Waals surface area (Å²) in [5.41, 5.74) is 1.86. The lowest BCUT2D eigenvalue weighted by Crippen LogP contribution is -2.33. The Kier molecular flexibility index (Phi) is 13.5. The molecule has 1 amide bonds. The summed E-state index contributed by atoms with van der Waals surface area (Å²) in [6.07, 6.45) is -10.0. The van der Waals surface area contributed by atoms with Gasteiger partial charge in [0.05, 0.1) is 5.69 Å². The zero-order valence-corrected chi connectivity index (χ0v) is 22.0. The van der Waals surface area contributed by atoms with Crippen molar-refractivity contribution in [2.45, 2.75) is 25.1 Å². The van der Waals surface area contributed by atoms with Gasteiger partial charge in [-0.1, -0.05) is 6.07 Å². The van der Waals surface area contributed by atoms with E-state index in [4.69, 9.17) is 29.7 Å². The van der Waals surface area contributed by atoms with E-state index in [1.54, 1.807) is 24.5 Å². The number of fused-ring (bicyclic) bond motifs is 1. The van der Waals surface area contributed by atoms with E-state index in [0.717, 1.165) is 44.0 Å². The van der Waals surface area contributed by atoms with Crippen LogP contribution in [0.1, 0.15) is 16.1 Å². The summed E-state index contributed by atoms with van der Waals surface area (Å²) < 4.78 is 95.2. The number of likely N-dealkylation sites (tertiary alicyclic amines) is 2. The van der Waals surface area contributed by atoms with Gasteiger partial charge in [0.2, 0.25) is 0 Å². The number of aromatic nitrogens is 2. The molecule has 2 fully saturated rings. The molecule has 4 rings (SSSR count). The summed E-state index contributed by atoms with van der Waals surface area (Å²) in [5, 5.41) is 21.4. The Bertz CT molecular complexity index is 1170. The highest BCUT2D eigenvalue weighted by molar-refractivity contribution is 5.94. The number of alkyl halides is 9. The minimum atomic E-state index is -5.08. The third-order valence-electron chi connectivity index (χ3n) is 5.62. The number of amides is 1. The number of hydrogen-bond donors (Lipinski definition) is 3. The van der Waals surface area contributed by atoms with Gasteiger partial charge in [-0.05, 0) is 36.1 Å². The molecule has 11 nitrogen and oxygen atoms in total. The van der Waals surface area contributed by atoms with Gasteiger partial charge in [-0.3, -0.25) is 19.7 Å². The van der Waals surface area contributed by atoms with Crippen LogP contribution >= 0.6 is 0 Å². The third-order valence-corrected chi connectivity index (χ3v) is 5.62. The fraction of sp³-hybridized carbons (Fsp3) is 0.417. The van der Waals surface area contributed by atoms with Crippen LogP contribution < -0.4 is 0 Å². The van der Waals surface area contributed by atoms with Crippen LogP contribution in [-0.2, 0) is 20.9 Å². The van der Waals surface area contributed by atoms with Gasteiger partial charge in [-0.25, -0.2) is 14.4 Å². The van der Waals surface area contributed by atoms with Crippen molar-refractivity contribution in [3.05, 3.63) is 60.2 Å². The second-order valence-corrected chi connectivity index (χ2v) is 8.89. The molecule has 2 aliphatic heterocycles. The zero-order valence-electron chi connectivity index (χ0n) is 22.0. The summed E-state index contributed by atoms with van der Waals surface area (Å²) in [6, 6.07) is 9.65. The molecule has 2 atom stereocenters. The van der Waals surface area contributed by atoms with Gasteiger partial charge in [0.25, 0.3) is 5.91 Å². The first-order valence-corrected chi connectivity index (χ1v) is 11.8. The Hall–Kier alpha value is -4.49. The van der Waals surface area contributed by atoms with Crippen LogP contribution in [0, 0.1) is 11.8 Å². The van der Waals surface area contributed by atoms with E-state index in [1.165, 1.54) is 0 Å². The molecular formula is C24H23F9N4O7. The maximum absolute atomic E-state index is 12.5. The molecule has 2 unspecified atom stereocenters. The largest absolute Gasteiger partial charge is 0.490 e. The minimum Gasteiger partial charge on any atom is -0.475 e. The molecule has 4 heterocycles. The average Bonchev–Trinajstić information content (AvgIpc) is 3.48. The van der Waals surface area contributed by atoms with Gasteiger partial charge < -0.3 is 20.2 Å². The number of carboxylic acids is 3. The van der Waals surface area contributed by atoms with Gasteiger partial charge >= 0.3 is 36.4 Å². The van der Waals surface area contributed by atoms with Gasteiger partial charge in [-0.15, -0.1) is 0 Å². The molecule has 2 aromatic rings. The number of hydrogen-bond acceptors (Lipinski definition) is 7. The fourth-order valence-corrected chi connectivity index (χ4v) is 3.78. The van der Waals surface area contributed by atoms with Crippen LogP contribution in [0.2, 0.25) is 0 Å². The molecule has 2 aromatic heterocycles. The van der Waals surface area contributed by atoms with Crippen molar-refractivity contribution < 1.29 is 74.0 Å². The van der Waals surface area contributed by atoms with Gasteiger partial charge in [0.1, 0.15) is 0 Å². The standard InChI is InChI=1S/C18H20N4O.3C2HF3O2/c23-18(14-4-7-19-8-5-14)22-11-15-9-21(10-16(15)12-22)13-17-3-1-2-6-20-17;3*3-2(4,5)1(6)7/h1-8,15-16H,9-13H2;3*(H,6,7). The van der Waals surface area contributed by atoms with E-state index in [0.29, 0.717) is 11.8 Å². The first-order chi connectivity index (χ1) is 20.1. The van der Waals surface area contributed by atoms with Crippen molar-refractivity contribution in [2.24, 2.45) is 11.8 Å². The molecule has 2 aliphatic rings. The van der Waals surface area contributed by atoms with E-state index >= 15 is 0 Å². The molecule has 0 aliphatic carbocycles. The van der Waals surface area contributed by atoms with Gasteiger partial charge in [0.15, 0.2) is 0 Å². The average molecular weight is 650 g/mol. The lowest BCUT2D eigenvalue weighted by Gasteiger charge is -2.21. The smallest absolute Gasteiger partial charge is 0.475 e. The predicted octanol–water partition coefficient (Wildman–Crippen LogP) is 3.58. The molecule has 44 heavy (non-hydrogen) atoms. The maximum atomic E-state index is 12.5. The zero-order chi connectivity index (χ0) is 33.9. The normalized spacial score (nSPS) is 17.9. The second kappa shape index (κ2) is 15.8.